The zero-order valence-electron chi connectivity index (χ0n) is 13.4. The molecule has 1 aromatic heterocycles. The number of aryl methyl sites for hydroxylation is 1. The van der Waals surface area contributed by atoms with Gasteiger partial charge in [0.25, 0.3) is 5.91 Å². The predicted octanol–water partition coefficient (Wildman–Crippen LogP) is 0.980. The Morgan fingerprint density at radius 2 is 2.21 bits per heavy atom. The Balaban J connectivity index is 1.49. The molecule has 0 radical (unpaired) electrons. The number of carbonyl (C=O) groups is 1. The van der Waals surface area contributed by atoms with Crippen LogP contribution in [0.3, 0.4) is 0 Å². The number of aliphatic hydroxyl groups excluding tert-OH is 1. The number of thioether (sulfide) groups is 1. The average molecular weight is 348 g/mol. The molecule has 1 aliphatic rings. The number of amides is 1. The smallest absolute Gasteiger partial charge is 0.251 e. The van der Waals surface area contributed by atoms with Crippen LogP contribution < -0.4 is 10.6 Å². The van der Waals surface area contributed by atoms with Crippen LogP contribution in [0.15, 0.2) is 33.7 Å². The first-order valence-electron chi connectivity index (χ1n) is 7.81. The van der Waals surface area contributed by atoms with Crippen molar-refractivity contribution in [1.82, 2.24) is 20.8 Å². The maximum absolute atomic E-state index is 12.1. The zero-order chi connectivity index (χ0) is 16.9. The molecular weight excluding hydrogens is 328 g/mol. The number of β-amino-alcohol motifs (C(OH)–C–C–N with tert-alkyl or cyclic N) is 1. The molecule has 0 saturated carbocycles. The van der Waals surface area contributed by atoms with Crippen LogP contribution in [0, 0.1) is 12.8 Å². The Kier molecular flexibility index (Phi) is 5.49. The van der Waals surface area contributed by atoms with E-state index in [2.05, 4.69) is 20.8 Å². The molecule has 128 valence electrons. The Labute approximate surface area is 144 Å². The molecule has 1 aromatic carbocycles. The number of carbonyl (C=O) groups excluding carboxylic acids is 1. The van der Waals surface area contributed by atoms with Crippen molar-refractivity contribution in [2.75, 3.05) is 19.6 Å². The van der Waals surface area contributed by atoms with Gasteiger partial charge in [-0.3, -0.25) is 4.79 Å². The lowest BCUT2D eigenvalue weighted by atomic mass is 10.1. The van der Waals surface area contributed by atoms with Gasteiger partial charge < -0.3 is 20.3 Å². The van der Waals surface area contributed by atoms with E-state index in [1.807, 2.05) is 12.1 Å². The number of aromatic nitrogens is 2. The van der Waals surface area contributed by atoms with E-state index in [9.17, 15) is 9.90 Å². The molecule has 2 unspecified atom stereocenters. The maximum Gasteiger partial charge on any atom is 0.251 e. The fourth-order valence-electron chi connectivity index (χ4n) is 2.50. The monoisotopic (exact) mass is 348 g/mol. The van der Waals surface area contributed by atoms with E-state index in [0.29, 0.717) is 36.1 Å². The summed E-state index contributed by atoms with van der Waals surface area (Å²) in [5, 5.41) is 19.5. The lowest BCUT2D eigenvalue weighted by Gasteiger charge is -2.14. The second-order valence-corrected chi connectivity index (χ2v) is 6.79. The molecule has 1 fully saturated rings. The molecule has 1 amide bonds. The van der Waals surface area contributed by atoms with E-state index in [0.717, 1.165) is 11.4 Å². The Morgan fingerprint density at radius 3 is 2.83 bits per heavy atom. The van der Waals surface area contributed by atoms with Gasteiger partial charge in [0.15, 0.2) is 5.82 Å². The number of nitrogens with one attached hydrogen (secondary N) is 2. The van der Waals surface area contributed by atoms with Crippen LogP contribution in [-0.4, -0.2) is 46.9 Å². The van der Waals surface area contributed by atoms with E-state index in [-0.39, 0.29) is 11.8 Å². The Hall–Kier alpha value is -1.90. The van der Waals surface area contributed by atoms with Crippen molar-refractivity contribution < 1.29 is 14.4 Å². The molecule has 3 N–H and O–H groups in total. The molecule has 0 spiro atoms. The van der Waals surface area contributed by atoms with E-state index in [1.54, 1.807) is 30.8 Å². The van der Waals surface area contributed by atoms with Crippen LogP contribution in [0.2, 0.25) is 0 Å². The average Bonchev–Trinajstić information content (AvgIpc) is 3.19. The van der Waals surface area contributed by atoms with Crippen LogP contribution in [0.25, 0.3) is 0 Å². The molecule has 0 aliphatic carbocycles. The SMILES string of the molecule is Cc1noc(CSc2ccc(C(=O)NCC3CNCC3O)cc2)n1. The topological polar surface area (TPSA) is 100 Å². The minimum Gasteiger partial charge on any atom is -0.391 e. The van der Waals surface area contributed by atoms with Gasteiger partial charge in [0.1, 0.15) is 0 Å². The molecule has 2 heterocycles. The van der Waals surface area contributed by atoms with Crippen molar-refractivity contribution in [2.45, 2.75) is 23.7 Å². The van der Waals surface area contributed by atoms with Crippen LogP contribution in [0.1, 0.15) is 22.1 Å². The van der Waals surface area contributed by atoms with Gasteiger partial charge in [-0.15, -0.1) is 11.8 Å². The summed E-state index contributed by atoms with van der Waals surface area (Å²) in [7, 11) is 0. The van der Waals surface area contributed by atoms with Gasteiger partial charge in [-0.25, -0.2) is 0 Å². The van der Waals surface area contributed by atoms with Crippen LogP contribution in [0.5, 0.6) is 0 Å². The fourth-order valence-corrected chi connectivity index (χ4v) is 3.24. The van der Waals surface area contributed by atoms with Crippen molar-refractivity contribution in [1.29, 1.82) is 0 Å². The van der Waals surface area contributed by atoms with Crippen LogP contribution in [-0.2, 0) is 5.75 Å². The first-order chi connectivity index (χ1) is 11.6. The first-order valence-corrected chi connectivity index (χ1v) is 8.79. The van der Waals surface area contributed by atoms with Gasteiger partial charge in [0.05, 0.1) is 11.9 Å². The van der Waals surface area contributed by atoms with Crippen molar-refractivity contribution in [3.63, 3.8) is 0 Å². The summed E-state index contributed by atoms with van der Waals surface area (Å²) < 4.78 is 5.07. The molecule has 1 saturated heterocycles. The van der Waals surface area contributed by atoms with E-state index in [1.165, 1.54) is 0 Å². The van der Waals surface area contributed by atoms with Gasteiger partial charge in [-0.2, -0.15) is 4.98 Å². The van der Waals surface area contributed by atoms with Gasteiger partial charge >= 0.3 is 0 Å². The van der Waals surface area contributed by atoms with E-state index in [4.69, 9.17) is 4.52 Å². The quantitative estimate of drug-likeness (QED) is 0.669. The highest BCUT2D eigenvalue weighted by Crippen LogP contribution is 2.22. The zero-order valence-corrected chi connectivity index (χ0v) is 14.2. The highest BCUT2D eigenvalue weighted by Gasteiger charge is 2.25. The van der Waals surface area contributed by atoms with Gasteiger partial charge in [-0.1, -0.05) is 5.16 Å². The number of aliphatic hydroxyl groups is 1. The number of benzene rings is 1. The lowest BCUT2D eigenvalue weighted by Crippen LogP contribution is -2.34. The van der Waals surface area contributed by atoms with Gasteiger partial charge in [0.2, 0.25) is 5.89 Å². The minimum atomic E-state index is -0.391. The van der Waals surface area contributed by atoms with Crippen molar-refractivity contribution in [3.05, 3.63) is 41.5 Å². The van der Waals surface area contributed by atoms with Crippen LogP contribution in [0.4, 0.5) is 0 Å². The van der Waals surface area contributed by atoms with Crippen LogP contribution >= 0.6 is 11.8 Å². The van der Waals surface area contributed by atoms with Crippen molar-refractivity contribution in [3.8, 4) is 0 Å². The van der Waals surface area contributed by atoms with Gasteiger partial charge in [-0.05, 0) is 31.2 Å². The molecule has 24 heavy (non-hydrogen) atoms. The second kappa shape index (κ2) is 7.78. The molecule has 0 bridgehead atoms. The number of hydrogen-bond donors (Lipinski definition) is 3. The molecular formula is C16H20N4O3S. The summed E-state index contributed by atoms with van der Waals surface area (Å²) in [6, 6.07) is 7.38. The van der Waals surface area contributed by atoms with Crippen molar-refractivity contribution in [2.24, 2.45) is 5.92 Å². The summed E-state index contributed by atoms with van der Waals surface area (Å²) in [4.78, 5) is 17.3. The third-order valence-electron chi connectivity index (χ3n) is 3.88. The molecule has 2 atom stereocenters. The summed E-state index contributed by atoms with van der Waals surface area (Å²) in [5.41, 5.74) is 0.605. The first kappa shape index (κ1) is 16.9. The number of rotatable bonds is 6. The minimum absolute atomic E-state index is 0.0710. The van der Waals surface area contributed by atoms with E-state index < -0.39 is 6.10 Å². The Bertz CT molecular complexity index is 689. The Morgan fingerprint density at radius 1 is 1.42 bits per heavy atom. The second-order valence-electron chi connectivity index (χ2n) is 5.74. The largest absolute Gasteiger partial charge is 0.391 e. The molecule has 3 rings (SSSR count). The number of hydrogen-bond acceptors (Lipinski definition) is 7. The predicted molar refractivity (Wildman–Crippen MR) is 89.7 cm³/mol. The van der Waals surface area contributed by atoms with E-state index >= 15 is 0 Å². The molecule has 1 aliphatic heterocycles. The summed E-state index contributed by atoms with van der Waals surface area (Å²) in [5.74, 6) is 1.75. The van der Waals surface area contributed by atoms with Gasteiger partial charge in [0, 0.05) is 36.0 Å². The molecule has 7 nitrogen and oxygen atoms in total. The van der Waals surface area contributed by atoms with Crippen molar-refractivity contribution >= 4 is 17.7 Å². The fraction of sp³-hybridized carbons (Fsp3) is 0.438. The highest BCUT2D eigenvalue weighted by molar-refractivity contribution is 7.98. The summed E-state index contributed by atoms with van der Waals surface area (Å²) in [6.07, 6.45) is -0.391. The third-order valence-corrected chi connectivity index (χ3v) is 4.87. The lowest BCUT2D eigenvalue weighted by molar-refractivity contribution is 0.0927. The molecule has 8 heteroatoms. The number of nitrogens with zero attached hydrogens (tertiary/aromatic N) is 2. The standard InChI is InChI=1S/C16H20N4O3S/c1-10-19-15(23-20-10)9-24-13-4-2-11(3-5-13)16(22)18-7-12-6-17-8-14(12)21/h2-5,12,14,17,21H,6-9H2,1H3,(H,18,22). The normalized spacial score (nSPS) is 20.2. The molecule has 2 aromatic rings. The maximum atomic E-state index is 12.1. The third kappa shape index (κ3) is 4.34. The highest BCUT2D eigenvalue weighted by atomic mass is 32.2. The summed E-state index contributed by atoms with van der Waals surface area (Å²) >= 11 is 1.57. The summed E-state index contributed by atoms with van der Waals surface area (Å²) in [6.45, 7) is 3.57.